The van der Waals surface area contributed by atoms with Gasteiger partial charge in [-0.3, -0.25) is 14.9 Å². The summed E-state index contributed by atoms with van der Waals surface area (Å²) in [5.41, 5.74) is 2.79. The van der Waals surface area contributed by atoms with Crippen molar-refractivity contribution in [2.45, 2.75) is 6.92 Å². The van der Waals surface area contributed by atoms with Gasteiger partial charge in [-0.05, 0) is 36.8 Å². The van der Waals surface area contributed by atoms with Crippen LogP contribution < -0.4 is 5.56 Å². The molecule has 5 nitrogen and oxygen atoms in total. The average Bonchev–Trinajstić information content (AvgIpc) is 2.95. The number of rotatable bonds is 2. The Balaban J connectivity index is 2.02. The number of aromatic nitrogens is 4. The fourth-order valence-corrected chi connectivity index (χ4v) is 2.81. The largest absolute Gasteiger partial charge is 0.293 e. The van der Waals surface area contributed by atoms with Gasteiger partial charge in [0.25, 0.3) is 5.56 Å². The van der Waals surface area contributed by atoms with Crippen molar-refractivity contribution in [3.8, 4) is 22.4 Å². The lowest BCUT2D eigenvalue weighted by atomic mass is 10.1. The van der Waals surface area contributed by atoms with E-state index in [1.807, 2.05) is 0 Å². The van der Waals surface area contributed by atoms with E-state index in [1.54, 1.807) is 31.5 Å². The van der Waals surface area contributed by atoms with Crippen molar-refractivity contribution >= 4 is 5.65 Å². The van der Waals surface area contributed by atoms with Crippen molar-refractivity contribution < 1.29 is 8.78 Å². The second-order valence-corrected chi connectivity index (χ2v) is 5.62. The number of halogens is 2. The molecule has 3 aromatic heterocycles. The minimum atomic E-state index is -0.956. The second kappa shape index (κ2) is 5.62. The number of pyridine rings is 1. The topological polar surface area (TPSA) is 63.0 Å². The van der Waals surface area contributed by atoms with E-state index in [4.69, 9.17) is 0 Å². The Kier molecular flexibility index (Phi) is 3.42. The van der Waals surface area contributed by atoms with Gasteiger partial charge in [0.2, 0.25) is 0 Å². The fourth-order valence-electron chi connectivity index (χ4n) is 2.81. The van der Waals surface area contributed by atoms with Crippen LogP contribution in [0.4, 0.5) is 8.78 Å². The van der Waals surface area contributed by atoms with E-state index in [0.29, 0.717) is 33.7 Å². The van der Waals surface area contributed by atoms with E-state index >= 15 is 0 Å². The maximum atomic E-state index is 13.6. The van der Waals surface area contributed by atoms with Gasteiger partial charge in [-0.25, -0.2) is 18.3 Å². The summed E-state index contributed by atoms with van der Waals surface area (Å²) in [6.45, 7) is 1.74. The van der Waals surface area contributed by atoms with Gasteiger partial charge in [0.05, 0.1) is 5.69 Å². The van der Waals surface area contributed by atoms with E-state index in [0.717, 1.165) is 12.1 Å². The molecule has 0 unspecified atom stereocenters. The van der Waals surface area contributed by atoms with Crippen LogP contribution >= 0.6 is 0 Å². The number of nitrogens with one attached hydrogen (secondary N) is 1. The van der Waals surface area contributed by atoms with Crippen LogP contribution in [0.5, 0.6) is 0 Å². The number of H-pyrrole nitrogens is 1. The van der Waals surface area contributed by atoms with E-state index < -0.39 is 11.6 Å². The molecule has 0 spiro atoms. The highest BCUT2D eigenvalue weighted by atomic mass is 19.2. The summed E-state index contributed by atoms with van der Waals surface area (Å²) in [5.74, 6) is -1.88. The molecule has 124 valence electrons. The van der Waals surface area contributed by atoms with Crippen LogP contribution in [0, 0.1) is 18.6 Å². The van der Waals surface area contributed by atoms with Crippen LogP contribution in [-0.2, 0) is 0 Å². The van der Waals surface area contributed by atoms with Crippen molar-refractivity contribution in [2.75, 3.05) is 0 Å². The summed E-state index contributed by atoms with van der Waals surface area (Å²) >= 11 is 0. The lowest BCUT2D eigenvalue weighted by Crippen LogP contribution is -2.14. The van der Waals surface area contributed by atoms with Crippen LogP contribution in [-0.4, -0.2) is 19.6 Å². The molecule has 0 amide bonds. The van der Waals surface area contributed by atoms with Crippen molar-refractivity contribution in [1.82, 2.24) is 19.6 Å². The SMILES string of the molecule is Cc1[nH]n2c(=O)cc(-c3cccnc3)nc2c1-c1ccc(F)c(F)c1. The van der Waals surface area contributed by atoms with Gasteiger partial charge in [0.15, 0.2) is 17.3 Å². The van der Waals surface area contributed by atoms with Gasteiger partial charge in [-0.2, -0.15) is 0 Å². The number of aromatic amines is 1. The summed E-state index contributed by atoms with van der Waals surface area (Å²) in [6, 6.07) is 8.54. The van der Waals surface area contributed by atoms with E-state index in [2.05, 4.69) is 15.1 Å². The number of hydrogen-bond donors (Lipinski definition) is 1. The maximum absolute atomic E-state index is 13.6. The molecule has 0 aliphatic rings. The summed E-state index contributed by atoms with van der Waals surface area (Å²) in [5, 5.41) is 2.92. The first kappa shape index (κ1) is 15.2. The summed E-state index contributed by atoms with van der Waals surface area (Å²) in [7, 11) is 0. The van der Waals surface area contributed by atoms with Crippen LogP contribution in [0.15, 0.2) is 53.6 Å². The Labute approximate surface area is 140 Å². The maximum Gasteiger partial charge on any atom is 0.273 e. The zero-order chi connectivity index (χ0) is 17.6. The molecule has 0 bridgehead atoms. The highest BCUT2D eigenvalue weighted by Gasteiger charge is 2.16. The molecule has 3 heterocycles. The number of aryl methyl sites for hydroxylation is 1. The normalized spacial score (nSPS) is 11.2. The van der Waals surface area contributed by atoms with Gasteiger partial charge in [-0.15, -0.1) is 0 Å². The first-order valence-electron chi connectivity index (χ1n) is 7.53. The van der Waals surface area contributed by atoms with E-state index in [1.165, 1.54) is 16.6 Å². The third kappa shape index (κ3) is 2.50. The summed E-state index contributed by atoms with van der Waals surface area (Å²) in [6.07, 6.45) is 3.23. The average molecular weight is 338 g/mol. The van der Waals surface area contributed by atoms with Gasteiger partial charge in [0, 0.05) is 35.3 Å². The predicted molar refractivity (Wildman–Crippen MR) is 89.1 cm³/mol. The Bertz CT molecular complexity index is 1150. The van der Waals surface area contributed by atoms with Crippen LogP contribution in [0.2, 0.25) is 0 Å². The molecule has 0 fully saturated rings. The van der Waals surface area contributed by atoms with Crippen LogP contribution in [0.3, 0.4) is 0 Å². The fraction of sp³-hybridized carbons (Fsp3) is 0.0556. The second-order valence-electron chi connectivity index (χ2n) is 5.62. The minimum Gasteiger partial charge on any atom is -0.293 e. The van der Waals surface area contributed by atoms with Gasteiger partial charge < -0.3 is 0 Å². The predicted octanol–water partition coefficient (Wildman–Crippen LogP) is 3.34. The molecule has 0 atom stereocenters. The Morgan fingerprint density at radius 2 is 1.92 bits per heavy atom. The third-order valence-electron chi connectivity index (χ3n) is 3.96. The molecule has 25 heavy (non-hydrogen) atoms. The number of benzene rings is 1. The van der Waals surface area contributed by atoms with Gasteiger partial charge in [0.1, 0.15) is 0 Å². The molecular formula is C18H12F2N4O. The molecule has 0 radical (unpaired) electrons. The molecule has 0 saturated heterocycles. The highest BCUT2D eigenvalue weighted by molar-refractivity contribution is 5.81. The molecule has 0 aliphatic carbocycles. The quantitative estimate of drug-likeness (QED) is 0.610. The third-order valence-corrected chi connectivity index (χ3v) is 3.96. The van der Waals surface area contributed by atoms with Crippen molar-refractivity contribution in [3.63, 3.8) is 0 Å². The lowest BCUT2D eigenvalue weighted by molar-refractivity contribution is 0.509. The van der Waals surface area contributed by atoms with E-state index in [-0.39, 0.29) is 5.56 Å². The molecule has 4 rings (SSSR count). The summed E-state index contributed by atoms with van der Waals surface area (Å²) in [4.78, 5) is 21.0. The first-order chi connectivity index (χ1) is 12.0. The van der Waals surface area contributed by atoms with E-state index in [9.17, 15) is 13.6 Å². The number of fused-ring (bicyclic) bond motifs is 1. The van der Waals surface area contributed by atoms with Gasteiger partial charge in [-0.1, -0.05) is 6.07 Å². The smallest absolute Gasteiger partial charge is 0.273 e. The first-order valence-corrected chi connectivity index (χ1v) is 7.53. The van der Waals surface area contributed by atoms with Crippen molar-refractivity contribution in [3.05, 3.63) is 76.5 Å². The molecule has 4 aromatic rings. The zero-order valence-electron chi connectivity index (χ0n) is 13.1. The highest BCUT2D eigenvalue weighted by Crippen LogP contribution is 2.28. The number of hydrogen-bond acceptors (Lipinski definition) is 3. The molecule has 0 saturated carbocycles. The Morgan fingerprint density at radius 3 is 2.64 bits per heavy atom. The minimum absolute atomic E-state index is 0.305. The monoisotopic (exact) mass is 338 g/mol. The zero-order valence-corrected chi connectivity index (χ0v) is 13.1. The molecular weight excluding hydrogens is 326 g/mol. The molecule has 1 N–H and O–H groups in total. The van der Waals surface area contributed by atoms with Crippen molar-refractivity contribution in [2.24, 2.45) is 0 Å². The van der Waals surface area contributed by atoms with Crippen molar-refractivity contribution in [1.29, 1.82) is 0 Å². The van der Waals surface area contributed by atoms with Gasteiger partial charge >= 0.3 is 0 Å². The molecule has 1 aromatic carbocycles. The lowest BCUT2D eigenvalue weighted by Gasteiger charge is -2.04. The van der Waals surface area contributed by atoms with Crippen LogP contribution in [0.25, 0.3) is 28.0 Å². The standard InChI is InChI=1S/C18H12F2N4O/c1-10-17(11-4-5-13(19)14(20)7-11)18-22-15(8-16(25)24(18)23-10)12-3-2-6-21-9-12/h2-9,23H,1H3. The van der Waals surface area contributed by atoms with Crippen LogP contribution in [0.1, 0.15) is 5.69 Å². The Morgan fingerprint density at radius 1 is 1.08 bits per heavy atom. The molecule has 7 heteroatoms. The Hall–Kier alpha value is -3.35. The number of nitrogens with zero attached hydrogens (tertiary/aromatic N) is 3. The molecule has 0 aliphatic heterocycles. The summed E-state index contributed by atoms with van der Waals surface area (Å²) < 4.78 is 28.2.